The second kappa shape index (κ2) is 6.71. The van der Waals surface area contributed by atoms with Crippen molar-refractivity contribution >= 4 is 12.4 Å². The Morgan fingerprint density at radius 3 is 2.86 bits per heavy atom. The van der Waals surface area contributed by atoms with Gasteiger partial charge >= 0.3 is 0 Å². The summed E-state index contributed by atoms with van der Waals surface area (Å²) in [4.78, 5) is 4.35. The number of likely N-dealkylation sites (N-methyl/N-ethyl adjacent to an activating group) is 1. The molecule has 0 radical (unpaired) electrons. The molecular weight excluding hydrogens is 312 g/mol. The number of aromatic nitrogens is 2. The number of hydrogen-bond acceptors (Lipinski definition) is 4. The molecule has 2 aromatic rings. The molecule has 1 heterocycles. The van der Waals surface area contributed by atoms with Gasteiger partial charge in [-0.15, -0.1) is 12.4 Å². The first kappa shape index (κ1) is 16.8. The van der Waals surface area contributed by atoms with Crippen molar-refractivity contribution in [3.05, 3.63) is 47.1 Å². The quantitative estimate of drug-likeness (QED) is 0.915. The van der Waals surface area contributed by atoms with Crippen LogP contribution in [0.3, 0.4) is 0 Å². The van der Waals surface area contributed by atoms with Crippen molar-refractivity contribution in [3.8, 4) is 0 Å². The highest BCUT2D eigenvalue weighted by Crippen LogP contribution is 2.54. The summed E-state index contributed by atoms with van der Waals surface area (Å²) in [6, 6.07) is 4.52. The van der Waals surface area contributed by atoms with Gasteiger partial charge in [0.2, 0.25) is 5.89 Å². The van der Waals surface area contributed by atoms with Crippen LogP contribution in [0.25, 0.3) is 0 Å². The maximum absolute atomic E-state index is 13.8. The van der Waals surface area contributed by atoms with Gasteiger partial charge in [0.05, 0.1) is 0 Å². The summed E-state index contributed by atoms with van der Waals surface area (Å²) < 4.78 is 32.3. The highest BCUT2D eigenvalue weighted by Gasteiger charge is 2.45. The molecule has 3 rings (SSSR count). The van der Waals surface area contributed by atoms with E-state index in [2.05, 4.69) is 15.5 Å². The van der Waals surface area contributed by atoms with Crippen LogP contribution in [0.1, 0.15) is 42.5 Å². The number of nitrogens with zero attached hydrogens (tertiary/aromatic N) is 2. The zero-order valence-corrected chi connectivity index (χ0v) is 13.2. The Morgan fingerprint density at radius 2 is 2.14 bits per heavy atom. The predicted molar refractivity (Wildman–Crippen MR) is 80.2 cm³/mol. The van der Waals surface area contributed by atoms with E-state index in [1.54, 1.807) is 6.07 Å². The van der Waals surface area contributed by atoms with Crippen LogP contribution in [0.15, 0.2) is 22.7 Å². The zero-order valence-electron chi connectivity index (χ0n) is 12.3. The molecule has 7 heteroatoms. The Balaban J connectivity index is 0.00000176. The summed E-state index contributed by atoms with van der Waals surface area (Å²) >= 11 is 0. The predicted octanol–water partition coefficient (Wildman–Crippen LogP) is 3.19. The number of hydrogen-bond donors (Lipinski definition) is 1. The molecule has 1 aromatic heterocycles. The van der Waals surface area contributed by atoms with E-state index in [0.717, 1.165) is 6.07 Å². The molecule has 1 fully saturated rings. The van der Waals surface area contributed by atoms with Crippen molar-refractivity contribution in [1.29, 1.82) is 0 Å². The Kier molecular flexibility index (Phi) is 5.13. The van der Waals surface area contributed by atoms with Gasteiger partial charge < -0.3 is 9.84 Å². The van der Waals surface area contributed by atoms with Gasteiger partial charge in [0, 0.05) is 18.4 Å². The fourth-order valence-corrected chi connectivity index (χ4v) is 2.50. The second-order valence-electron chi connectivity index (χ2n) is 5.53. The van der Waals surface area contributed by atoms with Crippen LogP contribution >= 0.6 is 12.4 Å². The van der Waals surface area contributed by atoms with Crippen molar-refractivity contribution in [2.24, 2.45) is 0 Å². The van der Waals surface area contributed by atoms with Gasteiger partial charge in [-0.1, -0.05) is 17.3 Å². The van der Waals surface area contributed by atoms with Crippen LogP contribution in [-0.2, 0) is 6.42 Å². The fourth-order valence-electron chi connectivity index (χ4n) is 2.50. The van der Waals surface area contributed by atoms with E-state index in [-0.39, 0.29) is 30.3 Å². The van der Waals surface area contributed by atoms with E-state index in [0.29, 0.717) is 30.1 Å². The molecule has 0 bridgehead atoms. The Bertz CT molecular complexity index is 649. The second-order valence-corrected chi connectivity index (χ2v) is 5.53. The lowest BCUT2D eigenvalue weighted by molar-refractivity contribution is 0.370. The molecule has 0 amide bonds. The molecule has 3 atom stereocenters. The summed E-state index contributed by atoms with van der Waals surface area (Å²) in [5, 5.41) is 7.04. The van der Waals surface area contributed by atoms with Gasteiger partial charge in [0.1, 0.15) is 0 Å². The van der Waals surface area contributed by atoms with E-state index < -0.39 is 11.6 Å². The average molecular weight is 330 g/mol. The van der Waals surface area contributed by atoms with Crippen molar-refractivity contribution in [2.45, 2.75) is 37.6 Å². The van der Waals surface area contributed by atoms with E-state index in [1.807, 2.05) is 14.0 Å². The van der Waals surface area contributed by atoms with Gasteiger partial charge in [0.25, 0.3) is 0 Å². The monoisotopic (exact) mass is 329 g/mol. The highest BCUT2D eigenvalue weighted by atomic mass is 35.5. The fraction of sp³-hybridized carbons (Fsp3) is 0.467. The van der Waals surface area contributed by atoms with Crippen LogP contribution < -0.4 is 5.32 Å². The lowest BCUT2D eigenvalue weighted by Gasteiger charge is -2.04. The first-order valence-electron chi connectivity index (χ1n) is 7.03. The highest BCUT2D eigenvalue weighted by molar-refractivity contribution is 5.85. The van der Waals surface area contributed by atoms with Crippen LogP contribution in [0.4, 0.5) is 8.78 Å². The minimum absolute atomic E-state index is 0. The third kappa shape index (κ3) is 3.28. The Hall–Kier alpha value is -1.53. The summed E-state index contributed by atoms with van der Waals surface area (Å²) in [7, 11) is 1.87. The topological polar surface area (TPSA) is 51.0 Å². The third-order valence-electron chi connectivity index (χ3n) is 3.95. The molecule has 0 aliphatic heterocycles. The van der Waals surface area contributed by atoms with Crippen LogP contribution in [0.2, 0.25) is 0 Å². The molecule has 4 nitrogen and oxygen atoms in total. The average Bonchev–Trinajstić information content (AvgIpc) is 3.13. The lowest BCUT2D eigenvalue weighted by Crippen LogP contribution is -2.24. The maximum Gasteiger partial charge on any atom is 0.230 e. The minimum Gasteiger partial charge on any atom is -0.339 e. The summed E-state index contributed by atoms with van der Waals surface area (Å²) in [5.74, 6) is -0.511. The van der Waals surface area contributed by atoms with Gasteiger partial charge in [-0.2, -0.15) is 4.98 Å². The van der Waals surface area contributed by atoms with Crippen molar-refractivity contribution in [2.75, 3.05) is 7.05 Å². The van der Waals surface area contributed by atoms with Gasteiger partial charge in [-0.25, -0.2) is 8.78 Å². The van der Waals surface area contributed by atoms with E-state index in [4.69, 9.17) is 4.52 Å². The molecule has 1 N–H and O–H groups in total. The molecule has 1 aliphatic rings. The number of halogens is 3. The summed E-state index contributed by atoms with van der Waals surface area (Å²) in [6.07, 6.45) is 1.38. The van der Waals surface area contributed by atoms with Gasteiger partial charge in [-0.3, -0.25) is 0 Å². The van der Waals surface area contributed by atoms with Crippen LogP contribution in [-0.4, -0.2) is 23.2 Å². The first-order valence-corrected chi connectivity index (χ1v) is 7.03. The van der Waals surface area contributed by atoms with Crippen molar-refractivity contribution in [1.82, 2.24) is 15.5 Å². The standard InChI is InChI=1S/C15H17F2N3O.ClH/c1-8(18-2)6-13-19-15(21-20-13)11-7-10(11)9-4-3-5-12(16)14(9)17;/h3-5,8,10-11,18H,6-7H2,1-2H3;1H. The molecular formula is C15H18ClF2N3O. The van der Waals surface area contributed by atoms with Gasteiger partial charge in [-0.05, 0) is 37.9 Å². The lowest BCUT2D eigenvalue weighted by atomic mass is 10.1. The van der Waals surface area contributed by atoms with E-state index in [1.165, 1.54) is 6.07 Å². The third-order valence-corrected chi connectivity index (χ3v) is 3.95. The molecule has 0 spiro atoms. The maximum atomic E-state index is 13.8. The molecule has 1 saturated carbocycles. The summed E-state index contributed by atoms with van der Waals surface area (Å²) in [5.41, 5.74) is 0.392. The first-order chi connectivity index (χ1) is 10.1. The number of nitrogens with one attached hydrogen (secondary N) is 1. The molecule has 1 aromatic carbocycles. The SMILES string of the molecule is CNC(C)Cc1noc(C2CC2c2cccc(F)c2F)n1.Cl. The Labute approximate surface area is 133 Å². The molecule has 120 valence electrons. The van der Waals surface area contributed by atoms with Crippen molar-refractivity contribution < 1.29 is 13.3 Å². The minimum atomic E-state index is -0.813. The molecule has 3 unspecified atom stereocenters. The van der Waals surface area contributed by atoms with E-state index in [9.17, 15) is 8.78 Å². The number of rotatable bonds is 5. The molecule has 0 saturated heterocycles. The van der Waals surface area contributed by atoms with Crippen molar-refractivity contribution in [3.63, 3.8) is 0 Å². The summed E-state index contributed by atoms with van der Waals surface area (Å²) in [6.45, 7) is 2.03. The normalized spacial score (nSPS) is 21.3. The number of benzene rings is 1. The molecule has 1 aliphatic carbocycles. The largest absolute Gasteiger partial charge is 0.339 e. The van der Waals surface area contributed by atoms with Gasteiger partial charge in [0.15, 0.2) is 17.5 Å². The van der Waals surface area contributed by atoms with E-state index >= 15 is 0 Å². The molecule has 22 heavy (non-hydrogen) atoms. The Morgan fingerprint density at radius 1 is 1.36 bits per heavy atom. The zero-order chi connectivity index (χ0) is 15.0. The van der Waals surface area contributed by atoms with Crippen LogP contribution in [0.5, 0.6) is 0 Å². The van der Waals surface area contributed by atoms with Crippen LogP contribution in [0, 0.1) is 11.6 Å². The smallest absolute Gasteiger partial charge is 0.230 e.